The fraction of sp³-hybridized carbons (Fsp3) is 0.625. The lowest BCUT2D eigenvalue weighted by molar-refractivity contribution is -0.117. The number of aliphatic hydroxyl groups excluding tert-OH is 1. The second-order valence-corrected chi connectivity index (χ2v) is 2.47. The molecule has 0 saturated carbocycles. The normalized spacial score (nSPS) is 12.3. The molecule has 0 aliphatic carbocycles. The quantitative estimate of drug-likeness (QED) is 0.480. The molecule has 0 radical (unpaired) electrons. The van der Waals surface area contributed by atoms with E-state index in [1.807, 2.05) is 6.92 Å². The molecular weight excluding hydrogens is 142 g/mol. The van der Waals surface area contributed by atoms with Crippen molar-refractivity contribution in [1.82, 2.24) is 5.32 Å². The first-order valence-corrected chi connectivity index (χ1v) is 3.74. The lowest BCUT2D eigenvalue weighted by Gasteiger charge is -2.03. The molecule has 0 heterocycles. The predicted molar refractivity (Wildman–Crippen MR) is 44.3 cm³/mol. The highest BCUT2D eigenvalue weighted by Crippen LogP contribution is 1.98. The van der Waals surface area contributed by atoms with Crippen molar-refractivity contribution >= 4 is 5.91 Å². The maximum atomic E-state index is 11.0. The van der Waals surface area contributed by atoms with Crippen molar-refractivity contribution in [3.8, 4) is 0 Å². The third-order valence-electron chi connectivity index (χ3n) is 1.42. The molecule has 0 saturated heterocycles. The zero-order valence-corrected chi connectivity index (χ0v) is 7.27. The van der Waals surface area contributed by atoms with E-state index in [0.29, 0.717) is 12.1 Å². The Labute approximate surface area is 67.1 Å². The molecular formula is C8H15NO2. The summed E-state index contributed by atoms with van der Waals surface area (Å²) in [6, 6.07) is 0. The molecule has 3 heteroatoms. The molecule has 0 aromatic rings. The van der Waals surface area contributed by atoms with Crippen LogP contribution in [0.25, 0.3) is 0 Å². The van der Waals surface area contributed by atoms with Crippen LogP contribution in [0.5, 0.6) is 0 Å². The number of allylic oxidation sites excluding steroid dienone is 1. The van der Waals surface area contributed by atoms with Crippen LogP contribution >= 0.6 is 0 Å². The van der Waals surface area contributed by atoms with E-state index >= 15 is 0 Å². The topological polar surface area (TPSA) is 49.3 Å². The Balaban J connectivity index is 3.95. The van der Waals surface area contributed by atoms with E-state index in [4.69, 9.17) is 5.11 Å². The summed E-state index contributed by atoms with van der Waals surface area (Å²) in [5.74, 6) is -0.106. The van der Waals surface area contributed by atoms with Crippen molar-refractivity contribution in [2.24, 2.45) is 0 Å². The van der Waals surface area contributed by atoms with E-state index < -0.39 is 0 Å². The van der Waals surface area contributed by atoms with Gasteiger partial charge in [0.2, 0.25) is 5.91 Å². The molecule has 0 unspecified atom stereocenters. The minimum absolute atomic E-state index is 0.0820. The van der Waals surface area contributed by atoms with Crippen molar-refractivity contribution < 1.29 is 9.90 Å². The second-order valence-electron chi connectivity index (χ2n) is 2.47. The van der Waals surface area contributed by atoms with Gasteiger partial charge in [-0.2, -0.15) is 0 Å². The summed E-state index contributed by atoms with van der Waals surface area (Å²) < 4.78 is 0. The van der Waals surface area contributed by atoms with E-state index in [-0.39, 0.29) is 11.7 Å². The van der Waals surface area contributed by atoms with Crippen LogP contribution in [-0.4, -0.2) is 17.6 Å². The van der Waals surface area contributed by atoms with Gasteiger partial charge < -0.3 is 10.4 Å². The van der Waals surface area contributed by atoms with Gasteiger partial charge in [-0.3, -0.25) is 4.79 Å². The van der Waals surface area contributed by atoms with E-state index in [1.54, 1.807) is 6.92 Å². The third-order valence-corrected chi connectivity index (χ3v) is 1.42. The zero-order chi connectivity index (χ0) is 8.85. The highest BCUT2D eigenvalue weighted by Gasteiger charge is 2.04. The maximum absolute atomic E-state index is 11.0. The molecule has 1 amide bonds. The summed E-state index contributed by atoms with van der Waals surface area (Å²) in [5.41, 5.74) is 0.387. The molecule has 64 valence electrons. The average molecular weight is 157 g/mol. The van der Waals surface area contributed by atoms with Gasteiger partial charge in [-0.15, -0.1) is 0 Å². The van der Waals surface area contributed by atoms with E-state index in [9.17, 15) is 4.79 Å². The minimum atomic E-state index is -0.188. The molecule has 0 bridgehead atoms. The van der Waals surface area contributed by atoms with Crippen LogP contribution in [0.4, 0.5) is 0 Å². The van der Waals surface area contributed by atoms with Gasteiger partial charge in [-0.25, -0.2) is 0 Å². The predicted octanol–water partition coefficient (Wildman–Crippen LogP) is 1.36. The van der Waals surface area contributed by atoms with Crippen molar-refractivity contribution in [1.29, 1.82) is 0 Å². The summed E-state index contributed by atoms with van der Waals surface area (Å²) in [7, 11) is 0. The fourth-order valence-electron chi connectivity index (χ4n) is 0.535. The molecule has 0 atom stereocenters. The van der Waals surface area contributed by atoms with Gasteiger partial charge in [0.1, 0.15) is 0 Å². The van der Waals surface area contributed by atoms with Crippen LogP contribution in [0.1, 0.15) is 27.2 Å². The van der Waals surface area contributed by atoms with Gasteiger partial charge in [-0.1, -0.05) is 6.92 Å². The van der Waals surface area contributed by atoms with E-state index in [2.05, 4.69) is 5.32 Å². The van der Waals surface area contributed by atoms with Gasteiger partial charge in [0.15, 0.2) is 0 Å². The van der Waals surface area contributed by atoms with Crippen LogP contribution in [0.2, 0.25) is 0 Å². The third kappa shape index (κ3) is 3.65. The van der Waals surface area contributed by atoms with Crippen LogP contribution in [0, 0.1) is 0 Å². The molecule has 0 aromatic carbocycles. The van der Waals surface area contributed by atoms with Gasteiger partial charge in [0.05, 0.1) is 11.3 Å². The summed E-state index contributed by atoms with van der Waals surface area (Å²) in [4.78, 5) is 11.0. The smallest absolute Gasteiger partial charge is 0.250 e. The summed E-state index contributed by atoms with van der Waals surface area (Å²) in [6.45, 7) is 5.73. The van der Waals surface area contributed by atoms with Gasteiger partial charge in [-0.05, 0) is 20.3 Å². The minimum Gasteiger partial charge on any atom is -0.512 e. The van der Waals surface area contributed by atoms with Crippen molar-refractivity contribution in [2.45, 2.75) is 27.2 Å². The van der Waals surface area contributed by atoms with Crippen LogP contribution in [0.3, 0.4) is 0 Å². The Kier molecular flexibility index (Phi) is 4.34. The Morgan fingerprint density at radius 1 is 1.45 bits per heavy atom. The fourth-order valence-corrected chi connectivity index (χ4v) is 0.535. The maximum Gasteiger partial charge on any atom is 0.250 e. The number of nitrogens with one attached hydrogen (secondary N) is 1. The Morgan fingerprint density at radius 3 is 2.36 bits per heavy atom. The Bertz CT molecular complexity index is 169. The lowest BCUT2D eigenvalue weighted by atomic mass is 10.2. The molecule has 3 nitrogen and oxygen atoms in total. The number of carbonyl (C=O) groups is 1. The van der Waals surface area contributed by atoms with E-state index in [0.717, 1.165) is 6.42 Å². The van der Waals surface area contributed by atoms with Crippen LogP contribution in [-0.2, 0) is 4.79 Å². The first kappa shape index (κ1) is 10.0. The number of aliphatic hydroxyl groups is 1. The first-order valence-electron chi connectivity index (χ1n) is 3.74. The molecule has 0 fully saturated rings. The largest absolute Gasteiger partial charge is 0.512 e. The van der Waals surface area contributed by atoms with Crippen molar-refractivity contribution in [3.63, 3.8) is 0 Å². The van der Waals surface area contributed by atoms with Crippen molar-refractivity contribution in [3.05, 3.63) is 11.3 Å². The highest BCUT2D eigenvalue weighted by molar-refractivity contribution is 5.93. The molecule has 2 N–H and O–H groups in total. The number of amides is 1. The van der Waals surface area contributed by atoms with E-state index in [1.165, 1.54) is 6.92 Å². The Hall–Kier alpha value is -0.990. The molecule has 0 aliphatic rings. The number of rotatable bonds is 3. The average Bonchev–Trinajstić information content (AvgIpc) is 1.98. The molecule has 0 aliphatic heterocycles. The lowest BCUT2D eigenvalue weighted by Crippen LogP contribution is -2.25. The van der Waals surface area contributed by atoms with Gasteiger partial charge in [0.25, 0.3) is 0 Å². The summed E-state index contributed by atoms with van der Waals surface area (Å²) >= 11 is 0. The summed E-state index contributed by atoms with van der Waals surface area (Å²) in [6.07, 6.45) is 0.906. The second kappa shape index (κ2) is 4.77. The molecule has 0 aromatic heterocycles. The number of hydrogen-bond acceptors (Lipinski definition) is 2. The summed E-state index contributed by atoms with van der Waals surface area (Å²) in [5, 5.41) is 11.6. The van der Waals surface area contributed by atoms with Crippen molar-refractivity contribution in [2.75, 3.05) is 6.54 Å². The SMILES string of the molecule is CCCNC(=O)/C(C)=C(\C)O. The monoisotopic (exact) mass is 157 g/mol. The Morgan fingerprint density at radius 2 is 2.00 bits per heavy atom. The highest BCUT2D eigenvalue weighted by atomic mass is 16.3. The number of hydrogen-bond donors (Lipinski definition) is 2. The van der Waals surface area contributed by atoms with Crippen LogP contribution < -0.4 is 5.32 Å². The molecule has 11 heavy (non-hydrogen) atoms. The van der Waals surface area contributed by atoms with Crippen LogP contribution in [0.15, 0.2) is 11.3 Å². The molecule has 0 spiro atoms. The first-order chi connectivity index (χ1) is 5.09. The molecule has 0 rings (SSSR count). The standard InChI is InChI=1S/C8H15NO2/c1-4-5-9-8(11)6(2)7(3)10/h10H,4-5H2,1-3H3,(H,9,11)/b7-6+. The number of carbonyl (C=O) groups excluding carboxylic acids is 1. The van der Waals surface area contributed by atoms with Gasteiger partial charge in [0, 0.05) is 6.54 Å². The van der Waals surface area contributed by atoms with Gasteiger partial charge >= 0.3 is 0 Å². The zero-order valence-electron chi connectivity index (χ0n) is 7.27.